The quantitative estimate of drug-likeness (QED) is 0.885. The topological polar surface area (TPSA) is 49.6 Å². The van der Waals surface area contributed by atoms with Crippen molar-refractivity contribution in [1.29, 1.82) is 0 Å². The summed E-state index contributed by atoms with van der Waals surface area (Å²) in [5, 5.41) is 0. The molecule has 0 radical (unpaired) electrons. The van der Waals surface area contributed by atoms with Gasteiger partial charge in [0.05, 0.1) is 6.54 Å². The first-order chi connectivity index (χ1) is 9.61. The number of halogens is 1. The van der Waals surface area contributed by atoms with Crippen molar-refractivity contribution < 1.29 is 9.18 Å². The molecule has 5 heteroatoms. The molecule has 2 rings (SSSR count). The first kappa shape index (κ1) is 14.9. The average molecular weight is 279 g/mol. The third-order valence-electron chi connectivity index (χ3n) is 3.68. The summed E-state index contributed by atoms with van der Waals surface area (Å²) in [6.45, 7) is 2.63. The van der Waals surface area contributed by atoms with Crippen molar-refractivity contribution in [2.45, 2.75) is 25.9 Å². The van der Waals surface area contributed by atoms with Gasteiger partial charge in [0.15, 0.2) is 0 Å². The van der Waals surface area contributed by atoms with Gasteiger partial charge in [0.1, 0.15) is 5.82 Å². The van der Waals surface area contributed by atoms with E-state index in [0.717, 1.165) is 25.9 Å². The molecule has 1 aromatic carbocycles. The normalized spacial score (nSPS) is 15.1. The molecule has 0 saturated carbocycles. The van der Waals surface area contributed by atoms with Crippen molar-refractivity contribution in [3.63, 3.8) is 0 Å². The van der Waals surface area contributed by atoms with E-state index >= 15 is 0 Å². The summed E-state index contributed by atoms with van der Waals surface area (Å²) in [7, 11) is 1.84. The number of hydrogen-bond acceptors (Lipinski definition) is 3. The van der Waals surface area contributed by atoms with Gasteiger partial charge in [-0.2, -0.15) is 0 Å². The lowest BCUT2D eigenvalue weighted by Gasteiger charge is -2.21. The number of nitrogens with two attached hydrogens (primary N) is 1. The highest BCUT2D eigenvalue weighted by Gasteiger charge is 2.19. The van der Waals surface area contributed by atoms with Crippen LogP contribution in [0.25, 0.3) is 0 Å². The molecule has 1 fully saturated rings. The molecular formula is C15H22FN3O. The van der Waals surface area contributed by atoms with Gasteiger partial charge < -0.3 is 10.6 Å². The Morgan fingerprint density at radius 3 is 2.65 bits per heavy atom. The molecule has 0 spiro atoms. The van der Waals surface area contributed by atoms with Crippen LogP contribution in [0.5, 0.6) is 0 Å². The van der Waals surface area contributed by atoms with Crippen molar-refractivity contribution in [2.24, 2.45) is 5.73 Å². The number of carbonyl (C=O) groups is 1. The highest BCUT2D eigenvalue weighted by molar-refractivity contribution is 5.78. The first-order valence-electron chi connectivity index (χ1n) is 7.04. The zero-order valence-corrected chi connectivity index (χ0v) is 11.9. The average Bonchev–Trinajstić information content (AvgIpc) is 2.95. The molecule has 0 unspecified atom stereocenters. The molecule has 1 saturated heterocycles. The van der Waals surface area contributed by atoms with Gasteiger partial charge in [0.25, 0.3) is 0 Å². The van der Waals surface area contributed by atoms with Crippen LogP contribution in [0.15, 0.2) is 18.2 Å². The minimum atomic E-state index is -0.254. The summed E-state index contributed by atoms with van der Waals surface area (Å²) in [6, 6.07) is 5.23. The Hall–Kier alpha value is -1.46. The molecule has 1 aromatic rings. The highest BCUT2D eigenvalue weighted by Crippen LogP contribution is 2.15. The lowest BCUT2D eigenvalue weighted by molar-refractivity contribution is -0.131. The Bertz CT molecular complexity index is 472. The third kappa shape index (κ3) is 3.55. The van der Waals surface area contributed by atoms with Crippen LogP contribution in [0.3, 0.4) is 0 Å². The summed E-state index contributed by atoms with van der Waals surface area (Å²) in [5.74, 6) is -0.129. The highest BCUT2D eigenvalue weighted by atomic mass is 19.1. The fourth-order valence-electron chi connectivity index (χ4n) is 2.56. The number of amides is 1. The van der Waals surface area contributed by atoms with Crippen LogP contribution < -0.4 is 5.73 Å². The van der Waals surface area contributed by atoms with Crippen LogP contribution in [-0.2, 0) is 17.9 Å². The minimum absolute atomic E-state index is 0.125. The summed E-state index contributed by atoms with van der Waals surface area (Å²) >= 11 is 0. The zero-order chi connectivity index (χ0) is 14.5. The van der Waals surface area contributed by atoms with E-state index in [1.807, 2.05) is 16.8 Å². The molecule has 0 atom stereocenters. The van der Waals surface area contributed by atoms with Gasteiger partial charge in [-0.1, -0.05) is 18.2 Å². The fraction of sp³-hybridized carbons (Fsp3) is 0.533. The Balaban J connectivity index is 1.94. The summed E-state index contributed by atoms with van der Waals surface area (Å²) in [4.78, 5) is 15.7. The van der Waals surface area contributed by atoms with E-state index < -0.39 is 0 Å². The van der Waals surface area contributed by atoms with Crippen LogP contribution >= 0.6 is 0 Å². The van der Waals surface area contributed by atoms with Gasteiger partial charge in [-0.15, -0.1) is 0 Å². The number of hydrogen-bond donors (Lipinski definition) is 1. The Kier molecular flexibility index (Phi) is 5.09. The maximum absolute atomic E-state index is 14.1. The van der Waals surface area contributed by atoms with Gasteiger partial charge >= 0.3 is 0 Å². The van der Waals surface area contributed by atoms with Gasteiger partial charge in [0.2, 0.25) is 5.91 Å². The number of benzene rings is 1. The van der Waals surface area contributed by atoms with E-state index in [4.69, 9.17) is 5.73 Å². The maximum atomic E-state index is 14.1. The standard InChI is InChI=1S/C15H22FN3O/c1-18(11-14(20)19-7-2-3-8-19)10-13-6-4-5-12(9-17)15(13)16/h4-6H,2-3,7-11,17H2,1H3. The molecule has 0 aliphatic carbocycles. The van der Waals surface area contributed by atoms with E-state index in [2.05, 4.69) is 0 Å². The first-order valence-corrected chi connectivity index (χ1v) is 7.04. The Morgan fingerprint density at radius 1 is 1.35 bits per heavy atom. The second-order valence-corrected chi connectivity index (χ2v) is 5.35. The van der Waals surface area contributed by atoms with Crippen LogP contribution in [0.1, 0.15) is 24.0 Å². The van der Waals surface area contributed by atoms with Crippen molar-refractivity contribution in [1.82, 2.24) is 9.80 Å². The number of likely N-dealkylation sites (tertiary alicyclic amines) is 1. The van der Waals surface area contributed by atoms with E-state index in [1.54, 1.807) is 18.2 Å². The maximum Gasteiger partial charge on any atom is 0.236 e. The van der Waals surface area contributed by atoms with Gasteiger partial charge in [0, 0.05) is 37.3 Å². The van der Waals surface area contributed by atoms with Crippen LogP contribution in [0.2, 0.25) is 0 Å². The second-order valence-electron chi connectivity index (χ2n) is 5.35. The van der Waals surface area contributed by atoms with Crippen molar-refractivity contribution in [3.05, 3.63) is 35.1 Å². The molecular weight excluding hydrogens is 257 g/mol. The largest absolute Gasteiger partial charge is 0.342 e. The molecule has 4 nitrogen and oxygen atoms in total. The number of likely N-dealkylation sites (N-methyl/N-ethyl adjacent to an activating group) is 1. The van der Waals surface area contributed by atoms with Gasteiger partial charge in [-0.3, -0.25) is 9.69 Å². The molecule has 20 heavy (non-hydrogen) atoms. The molecule has 0 bridgehead atoms. The van der Waals surface area contributed by atoms with Crippen LogP contribution in [0.4, 0.5) is 4.39 Å². The predicted octanol–water partition coefficient (Wildman–Crippen LogP) is 1.34. The fourth-order valence-corrected chi connectivity index (χ4v) is 2.56. The molecule has 1 aliphatic rings. The SMILES string of the molecule is CN(CC(=O)N1CCCC1)Cc1cccc(CN)c1F. The van der Waals surface area contributed by atoms with E-state index in [1.165, 1.54) is 0 Å². The van der Waals surface area contributed by atoms with Crippen LogP contribution in [0, 0.1) is 5.82 Å². The van der Waals surface area contributed by atoms with Crippen molar-refractivity contribution in [2.75, 3.05) is 26.7 Å². The van der Waals surface area contributed by atoms with E-state index in [9.17, 15) is 9.18 Å². The molecule has 1 aliphatic heterocycles. The summed E-state index contributed by atoms with van der Waals surface area (Å²) in [6.07, 6.45) is 2.17. The molecule has 2 N–H and O–H groups in total. The predicted molar refractivity (Wildman–Crippen MR) is 76.4 cm³/mol. The summed E-state index contributed by atoms with van der Waals surface area (Å²) < 4.78 is 14.1. The van der Waals surface area contributed by atoms with E-state index in [-0.39, 0.29) is 18.3 Å². The molecule has 1 amide bonds. The molecule has 0 aromatic heterocycles. The second kappa shape index (κ2) is 6.81. The molecule has 110 valence electrons. The minimum Gasteiger partial charge on any atom is -0.342 e. The van der Waals surface area contributed by atoms with Gasteiger partial charge in [-0.05, 0) is 19.9 Å². The third-order valence-corrected chi connectivity index (χ3v) is 3.68. The number of nitrogens with zero attached hydrogens (tertiary/aromatic N) is 2. The lowest BCUT2D eigenvalue weighted by atomic mass is 10.1. The van der Waals surface area contributed by atoms with Crippen molar-refractivity contribution >= 4 is 5.91 Å². The monoisotopic (exact) mass is 279 g/mol. The number of rotatable bonds is 5. The zero-order valence-electron chi connectivity index (χ0n) is 11.9. The molecule has 1 heterocycles. The lowest BCUT2D eigenvalue weighted by Crippen LogP contribution is -2.37. The van der Waals surface area contributed by atoms with Crippen molar-refractivity contribution in [3.8, 4) is 0 Å². The Morgan fingerprint density at radius 2 is 2.00 bits per heavy atom. The Labute approximate surface area is 119 Å². The van der Waals surface area contributed by atoms with Crippen LogP contribution in [-0.4, -0.2) is 42.4 Å². The smallest absolute Gasteiger partial charge is 0.236 e. The summed E-state index contributed by atoms with van der Waals surface area (Å²) in [5.41, 5.74) is 6.60. The van der Waals surface area contributed by atoms with E-state index in [0.29, 0.717) is 24.2 Å². The van der Waals surface area contributed by atoms with Gasteiger partial charge in [-0.25, -0.2) is 4.39 Å². The number of carbonyl (C=O) groups excluding carboxylic acids is 1.